The molecule has 4 aromatic carbocycles. The minimum atomic E-state index is -1.29. The van der Waals surface area contributed by atoms with Crippen molar-refractivity contribution in [2.75, 3.05) is 0 Å². The van der Waals surface area contributed by atoms with Crippen molar-refractivity contribution in [2.45, 2.75) is 103 Å². The van der Waals surface area contributed by atoms with Gasteiger partial charge in [0, 0.05) is 25.7 Å². The van der Waals surface area contributed by atoms with Crippen molar-refractivity contribution in [3.05, 3.63) is 115 Å². The lowest BCUT2D eigenvalue weighted by atomic mass is 9.84. The molecular weight excluding hydrogens is 608 g/mol. The second kappa shape index (κ2) is 11.8. The molecule has 8 nitrogen and oxygen atoms in total. The zero-order valence-electron chi connectivity index (χ0n) is 29.0. The van der Waals surface area contributed by atoms with E-state index in [2.05, 4.69) is 0 Å². The molecule has 4 aromatic rings. The maximum Gasteiger partial charge on any atom is 0.122 e. The predicted octanol–water partition coefficient (Wildman–Crippen LogP) is 6.10. The van der Waals surface area contributed by atoms with E-state index in [1.165, 1.54) is 0 Å². The van der Waals surface area contributed by atoms with Crippen LogP contribution >= 0.6 is 0 Å². The molecule has 0 spiro atoms. The Labute approximate surface area is 282 Å². The van der Waals surface area contributed by atoms with Crippen LogP contribution in [0.5, 0.6) is 23.0 Å². The van der Waals surface area contributed by atoms with E-state index in [0.29, 0.717) is 66.8 Å². The number of fused-ring (bicyclic) bond motifs is 8. The summed E-state index contributed by atoms with van der Waals surface area (Å²) in [4.78, 5) is 0. The Morgan fingerprint density at radius 1 is 0.312 bits per heavy atom. The predicted molar refractivity (Wildman–Crippen MR) is 185 cm³/mol. The molecule has 0 saturated carbocycles. The van der Waals surface area contributed by atoms with Crippen LogP contribution < -0.4 is 0 Å². The zero-order valence-corrected chi connectivity index (χ0v) is 29.0. The van der Waals surface area contributed by atoms with Gasteiger partial charge < -0.3 is 40.9 Å². The van der Waals surface area contributed by atoms with Gasteiger partial charge in [-0.05, 0) is 171 Å². The molecule has 0 saturated heterocycles. The first kappa shape index (κ1) is 35.2. The fourth-order valence-electron chi connectivity index (χ4n) is 6.35. The van der Waals surface area contributed by atoms with Crippen LogP contribution in [0, 0.1) is 0 Å². The van der Waals surface area contributed by atoms with Gasteiger partial charge in [0.05, 0.1) is 22.4 Å². The Kier molecular flexibility index (Phi) is 8.67. The van der Waals surface area contributed by atoms with Gasteiger partial charge >= 0.3 is 0 Å². The van der Waals surface area contributed by atoms with E-state index in [-0.39, 0.29) is 48.7 Å². The SMILES string of the molecule is CC(C)(O)c1cc2c(O)c(c1)Cc1cc(C(C)(C)O)cc(c1O)Cc1cc(C(C)(C)O)cc(c1O)Cc1cc(C(C)(C)O)cc(c1O)C2. The average Bonchev–Trinajstić information content (AvgIpc) is 2.93. The topological polar surface area (TPSA) is 162 Å². The number of benzene rings is 4. The van der Waals surface area contributed by atoms with E-state index in [4.69, 9.17) is 0 Å². The molecule has 8 heteroatoms. The Morgan fingerprint density at radius 2 is 0.438 bits per heavy atom. The Balaban J connectivity index is 1.89. The van der Waals surface area contributed by atoms with Crippen LogP contribution in [0.3, 0.4) is 0 Å². The number of aromatic hydroxyl groups is 4. The van der Waals surface area contributed by atoms with Crippen LogP contribution in [0.1, 0.15) is 122 Å². The Hall–Kier alpha value is -4.08. The molecule has 0 aromatic heterocycles. The van der Waals surface area contributed by atoms with Gasteiger partial charge in [-0.25, -0.2) is 0 Å². The number of rotatable bonds is 4. The first-order valence-corrected chi connectivity index (χ1v) is 16.2. The lowest BCUT2D eigenvalue weighted by Gasteiger charge is -2.26. The summed E-state index contributed by atoms with van der Waals surface area (Å²) in [5.41, 5.74) is 0.221. The van der Waals surface area contributed by atoms with Gasteiger partial charge in [-0.1, -0.05) is 0 Å². The molecule has 0 heterocycles. The summed E-state index contributed by atoms with van der Waals surface area (Å²) in [5.74, 6) is -0.289. The zero-order chi connectivity index (χ0) is 35.7. The van der Waals surface area contributed by atoms with Gasteiger partial charge in [0.1, 0.15) is 23.0 Å². The summed E-state index contributed by atoms with van der Waals surface area (Å²) in [6, 6.07) is 13.5. The number of phenols is 4. The van der Waals surface area contributed by atoms with Gasteiger partial charge in [-0.3, -0.25) is 0 Å². The first-order chi connectivity index (χ1) is 21.9. The van der Waals surface area contributed by atoms with Gasteiger partial charge in [-0.2, -0.15) is 0 Å². The highest BCUT2D eigenvalue weighted by atomic mass is 16.3. The van der Waals surface area contributed by atoms with E-state index < -0.39 is 22.4 Å². The molecule has 48 heavy (non-hydrogen) atoms. The van der Waals surface area contributed by atoms with Gasteiger partial charge in [0.15, 0.2) is 0 Å². The third-order valence-electron chi connectivity index (χ3n) is 9.42. The van der Waals surface area contributed by atoms with Crippen molar-refractivity contribution < 1.29 is 40.9 Å². The number of phenolic OH excluding ortho intramolecular Hbond substituents is 4. The lowest BCUT2D eigenvalue weighted by Crippen LogP contribution is -2.18. The molecule has 8 bridgehead atoms. The second-order valence-corrected chi connectivity index (χ2v) is 15.5. The summed E-state index contributed by atoms with van der Waals surface area (Å²) >= 11 is 0. The minimum absolute atomic E-state index is 0.0351. The monoisotopic (exact) mass is 656 g/mol. The molecule has 0 unspecified atom stereocenters. The van der Waals surface area contributed by atoms with Crippen LogP contribution in [0.15, 0.2) is 48.5 Å². The number of hydrogen-bond acceptors (Lipinski definition) is 8. The molecule has 5 rings (SSSR count). The van der Waals surface area contributed by atoms with Crippen molar-refractivity contribution in [2.24, 2.45) is 0 Å². The molecule has 8 N–H and O–H groups in total. The smallest absolute Gasteiger partial charge is 0.122 e. The van der Waals surface area contributed by atoms with Gasteiger partial charge in [0.25, 0.3) is 0 Å². The van der Waals surface area contributed by atoms with Gasteiger partial charge in [-0.15, -0.1) is 0 Å². The third-order valence-corrected chi connectivity index (χ3v) is 9.42. The van der Waals surface area contributed by atoms with Crippen molar-refractivity contribution >= 4 is 0 Å². The summed E-state index contributed by atoms with van der Waals surface area (Å²) < 4.78 is 0. The fourth-order valence-corrected chi connectivity index (χ4v) is 6.35. The molecule has 1 aliphatic carbocycles. The van der Waals surface area contributed by atoms with E-state index in [1.54, 1.807) is 104 Å². The molecule has 256 valence electrons. The molecule has 0 amide bonds. The molecular formula is C40H48O8. The quantitative estimate of drug-likeness (QED) is 0.115. The van der Waals surface area contributed by atoms with Gasteiger partial charge in [0.2, 0.25) is 0 Å². The highest BCUT2D eigenvalue weighted by Crippen LogP contribution is 2.42. The van der Waals surface area contributed by atoms with E-state index in [0.717, 1.165) is 0 Å². The summed E-state index contributed by atoms with van der Waals surface area (Å²) in [6.45, 7) is 13.1. The molecule has 0 radical (unpaired) electrons. The lowest BCUT2D eigenvalue weighted by molar-refractivity contribution is 0.0778. The minimum Gasteiger partial charge on any atom is -0.507 e. The highest BCUT2D eigenvalue weighted by Gasteiger charge is 2.28. The summed E-state index contributed by atoms with van der Waals surface area (Å²) in [5, 5.41) is 91.1. The maximum atomic E-state index is 11.7. The van der Waals surface area contributed by atoms with Crippen molar-refractivity contribution in [1.82, 2.24) is 0 Å². The Morgan fingerprint density at radius 3 is 0.542 bits per heavy atom. The van der Waals surface area contributed by atoms with Crippen LogP contribution in [-0.2, 0) is 48.1 Å². The van der Waals surface area contributed by atoms with Crippen molar-refractivity contribution in [3.8, 4) is 23.0 Å². The van der Waals surface area contributed by atoms with Crippen LogP contribution in [0.2, 0.25) is 0 Å². The normalized spacial score (nSPS) is 14.2. The Bertz CT molecular complexity index is 1520. The largest absolute Gasteiger partial charge is 0.507 e. The summed E-state index contributed by atoms with van der Waals surface area (Å²) in [6.07, 6.45) is 0.140. The van der Waals surface area contributed by atoms with Crippen LogP contribution in [0.25, 0.3) is 0 Å². The number of aliphatic hydroxyl groups is 4. The van der Waals surface area contributed by atoms with Crippen LogP contribution in [0.4, 0.5) is 0 Å². The standard InChI is InChI=1S/C40H48O8/c1-37(2,45)29-13-21-9-23-15-30(38(3,4)46)17-25(34(23)42)11-27-19-32(40(7,8)48)20-28(36(27)44)12-26-18-31(39(5,6)47)16-24(35(26)43)10-22(14-29)33(21)41/h13-20,41-48H,9-12H2,1-8H3. The van der Waals surface area contributed by atoms with E-state index in [9.17, 15) is 40.9 Å². The molecule has 0 atom stereocenters. The van der Waals surface area contributed by atoms with E-state index in [1.807, 2.05) is 0 Å². The molecule has 0 aliphatic heterocycles. The highest BCUT2D eigenvalue weighted by molar-refractivity contribution is 5.58. The van der Waals surface area contributed by atoms with E-state index >= 15 is 0 Å². The summed E-state index contributed by atoms with van der Waals surface area (Å²) in [7, 11) is 0. The van der Waals surface area contributed by atoms with Crippen molar-refractivity contribution in [1.29, 1.82) is 0 Å². The third kappa shape index (κ3) is 7.03. The number of hydrogen-bond donors (Lipinski definition) is 8. The second-order valence-electron chi connectivity index (χ2n) is 15.5. The molecule has 0 fully saturated rings. The van der Waals surface area contributed by atoms with Crippen LogP contribution in [-0.4, -0.2) is 40.9 Å². The first-order valence-electron chi connectivity index (χ1n) is 16.2. The maximum absolute atomic E-state index is 11.7. The fraction of sp³-hybridized carbons (Fsp3) is 0.400. The molecule has 1 aliphatic rings. The average molecular weight is 657 g/mol. The van der Waals surface area contributed by atoms with Crippen molar-refractivity contribution in [3.63, 3.8) is 0 Å².